The monoisotopic (exact) mass is 364 g/mol. The minimum absolute atomic E-state index is 0.229. The molecule has 0 fully saturated rings. The summed E-state index contributed by atoms with van der Waals surface area (Å²) in [6.45, 7) is 9.65. The molecular formula is C16H20N4O2S2. The van der Waals surface area contributed by atoms with E-state index in [1.807, 2.05) is 38.3 Å². The molecule has 0 aromatic carbocycles. The van der Waals surface area contributed by atoms with Crippen molar-refractivity contribution in [2.24, 2.45) is 0 Å². The van der Waals surface area contributed by atoms with Gasteiger partial charge in [0.05, 0.1) is 0 Å². The zero-order valence-corrected chi connectivity index (χ0v) is 15.5. The molecule has 2 aromatic rings. The normalized spacial score (nSPS) is 12.5. The first kappa shape index (κ1) is 18.3. The Morgan fingerprint density at radius 3 is 2.71 bits per heavy atom. The molecule has 24 heavy (non-hydrogen) atoms. The van der Waals surface area contributed by atoms with Gasteiger partial charge in [-0.05, 0) is 43.8 Å². The van der Waals surface area contributed by atoms with Gasteiger partial charge in [0.2, 0.25) is 5.91 Å². The summed E-state index contributed by atoms with van der Waals surface area (Å²) in [6, 6.07) is 2.97. The largest absolute Gasteiger partial charge is 0.349 e. The van der Waals surface area contributed by atoms with Crippen LogP contribution in [-0.2, 0) is 4.79 Å². The Balaban J connectivity index is 2.40. The average molecular weight is 364 g/mol. The van der Waals surface area contributed by atoms with Crippen LogP contribution in [0.4, 0.5) is 0 Å². The molecule has 2 heterocycles. The van der Waals surface area contributed by atoms with Gasteiger partial charge in [0.25, 0.3) is 5.91 Å². The zero-order valence-electron chi connectivity index (χ0n) is 13.9. The summed E-state index contributed by atoms with van der Waals surface area (Å²) >= 11 is 2.53. The van der Waals surface area contributed by atoms with Gasteiger partial charge < -0.3 is 10.2 Å². The van der Waals surface area contributed by atoms with Crippen LogP contribution in [0.5, 0.6) is 0 Å². The number of amides is 2. The van der Waals surface area contributed by atoms with Crippen molar-refractivity contribution in [2.75, 3.05) is 6.54 Å². The summed E-state index contributed by atoms with van der Waals surface area (Å²) in [6.07, 6.45) is 1.60. The van der Waals surface area contributed by atoms with Gasteiger partial charge in [-0.1, -0.05) is 16.6 Å². The molecule has 1 N–H and O–H groups in total. The van der Waals surface area contributed by atoms with E-state index in [2.05, 4.69) is 21.5 Å². The van der Waals surface area contributed by atoms with Crippen LogP contribution >= 0.6 is 22.9 Å². The standard InChI is InChI=1S/C16H20N4O2S2/c1-5-8-20(15(22)11-10-24-19-18-11)13(12-7-6-9-23-12)14(21)17-16(2,3)4/h5-7,9-10,13H,1,8H2,2-4H3,(H,17,21). The van der Waals surface area contributed by atoms with Crippen LogP contribution in [0, 0.1) is 0 Å². The van der Waals surface area contributed by atoms with Gasteiger partial charge in [-0.3, -0.25) is 9.59 Å². The van der Waals surface area contributed by atoms with Gasteiger partial charge >= 0.3 is 0 Å². The van der Waals surface area contributed by atoms with Gasteiger partial charge in [0.15, 0.2) is 5.69 Å². The fraction of sp³-hybridized carbons (Fsp3) is 0.375. The highest BCUT2D eigenvalue weighted by atomic mass is 32.1. The second-order valence-corrected chi connectivity index (χ2v) is 7.78. The Hall–Kier alpha value is -2.06. The Morgan fingerprint density at radius 2 is 2.21 bits per heavy atom. The molecule has 2 aromatic heterocycles. The first-order valence-electron chi connectivity index (χ1n) is 7.38. The van der Waals surface area contributed by atoms with Crippen molar-refractivity contribution in [1.29, 1.82) is 0 Å². The number of hydrogen-bond acceptors (Lipinski definition) is 6. The van der Waals surface area contributed by atoms with E-state index in [0.29, 0.717) is 0 Å². The van der Waals surface area contributed by atoms with E-state index in [-0.39, 0.29) is 24.1 Å². The minimum Gasteiger partial charge on any atom is -0.349 e. The SMILES string of the molecule is C=CCN(C(=O)c1csnn1)C(C(=O)NC(C)(C)C)c1cccs1. The molecule has 1 unspecified atom stereocenters. The third-order valence-electron chi connectivity index (χ3n) is 3.04. The molecule has 6 nitrogen and oxygen atoms in total. The molecule has 128 valence electrons. The van der Waals surface area contributed by atoms with Gasteiger partial charge in [-0.25, -0.2) is 0 Å². The Bertz CT molecular complexity index is 690. The number of aromatic nitrogens is 2. The van der Waals surface area contributed by atoms with E-state index < -0.39 is 11.6 Å². The number of thiophene rings is 1. The highest BCUT2D eigenvalue weighted by molar-refractivity contribution is 7.10. The summed E-state index contributed by atoms with van der Waals surface area (Å²) in [5.41, 5.74) is -0.176. The Kier molecular flexibility index (Phi) is 5.84. The molecule has 2 amide bonds. The Labute approximate surface area is 149 Å². The van der Waals surface area contributed by atoms with E-state index in [9.17, 15) is 9.59 Å². The Morgan fingerprint density at radius 1 is 1.46 bits per heavy atom. The molecule has 0 aliphatic carbocycles. The molecule has 0 aliphatic heterocycles. The van der Waals surface area contributed by atoms with Crippen LogP contribution in [-0.4, -0.2) is 38.4 Å². The molecular weight excluding hydrogens is 344 g/mol. The zero-order chi connectivity index (χ0) is 17.7. The van der Waals surface area contributed by atoms with Crippen molar-refractivity contribution in [3.63, 3.8) is 0 Å². The van der Waals surface area contributed by atoms with Gasteiger partial charge in [0.1, 0.15) is 6.04 Å². The summed E-state index contributed by atoms with van der Waals surface area (Å²) in [5.74, 6) is -0.575. The fourth-order valence-electron chi connectivity index (χ4n) is 2.16. The highest BCUT2D eigenvalue weighted by Gasteiger charge is 2.34. The second-order valence-electron chi connectivity index (χ2n) is 6.19. The maximum absolute atomic E-state index is 12.9. The first-order valence-corrected chi connectivity index (χ1v) is 9.09. The smallest absolute Gasteiger partial charge is 0.276 e. The third kappa shape index (κ3) is 4.48. The average Bonchev–Trinajstić information content (AvgIpc) is 3.17. The van der Waals surface area contributed by atoms with E-state index in [1.165, 1.54) is 16.2 Å². The van der Waals surface area contributed by atoms with Crippen LogP contribution in [0.3, 0.4) is 0 Å². The predicted molar refractivity (Wildman–Crippen MR) is 96.1 cm³/mol. The molecule has 0 saturated heterocycles. The van der Waals surface area contributed by atoms with Crippen LogP contribution in [0.15, 0.2) is 35.5 Å². The van der Waals surface area contributed by atoms with Crippen molar-refractivity contribution in [3.8, 4) is 0 Å². The summed E-state index contributed by atoms with van der Waals surface area (Å²) in [5, 5.41) is 10.2. The lowest BCUT2D eigenvalue weighted by Crippen LogP contribution is -2.49. The first-order chi connectivity index (χ1) is 11.3. The molecule has 0 bridgehead atoms. The molecule has 0 spiro atoms. The van der Waals surface area contributed by atoms with Crippen LogP contribution in [0.25, 0.3) is 0 Å². The lowest BCUT2D eigenvalue weighted by molar-refractivity contribution is -0.127. The number of rotatable bonds is 6. The van der Waals surface area contributed by atoms with Gasteiger partial charge in [-0.15, -0.1) is 23.0 Å². The van der Waals surface area contributed by atoms with E-state index in [1.54, 1.807) is 11.5 Å². The van der Waals surface area contributed by atoms with Crippen molar-refractivity contribution in [2.45, 2.75) is 32.4 Å². The number of nitrogens with zero attached hydrogens (tertiary/aromatic N) is 3. The van der Waals surface area contributed by atoms with Crippen LogP contribution in [0.2, 0.25) is 0 Å². The second kappa shape index (κ2) is 7.67. The number of hydrogen-bond donors (Lipinski definition) is 1. The summed E-state index contributed by atoms with van der Waals surface area (Å²) in [7, 11) is 0. The van der Waals surface area contributed by atoms with Crippen LogP contribution < -0.4 is 5.32 Å². The number of carbonyl (C=O) groups excluding carboxylic acids is 2. The molecule has 2 rings (SSSR count). The van der Waals surface area contributed by atoms with Crippen molar-refractivity contribution >= 4 is 34.7 Å². The maximum atomic E-state index is 12.9. The van der Waals surface area contributed by atoms with Gasteiger partial charge in [0, 0.05) is 22.3 Å². The minimum atomic E-state index is -0.739. The molecule has 0 aliphatic rings. The van der Waals surface area contributed by atoms with E-state index in [0.717, 1.165) is 16.4 Å². The fourth-order valence-corrected chi connectivity index (χ4v) is 3.42. The number of nitrogens with one attached hydrogen (secondary N) is 1. The quantitative estimate of drug-likeness (QED) is 0.800. The van der Waals surface area contributed by atoms with Crippen molar-refractivity contribution in [3.05, 3.63) is 46.1 Å². The highest BCUT2D eigenvalue weighted by Crippen LogP contribution is 2.27. The molecule has 8 heteroatoms. The van der Waals surface area contributed by atoms with E-state index >= 15 is 0 Å². The molecule has 1 atom stereocenters. The summed E-state index contributed by atoms with van der Waals surface area (Å²) < 4.78 is 3.73. The molecule has 0 radical (unpaired) electrons. The number of carbonyl (C=O) groups is 2. The predicted octanol–water partition coefficient (Wildman–Crippen LogP) is 2.88. The van der Waals surface area contributed by atoms with Gasteiger partial charge in [-0.2, -0.15) is 0 Å². The van der Waals surface area contributed by atoms with Crippen molar-refractivity contribution < 1.29 is 9.59 Å². The van der Waals surface area contributed by atoms with E-state index in [4.69, 9.17) is 0 Å². The van der Waals surface area contributed by atoms with Crippen molar-refractivity contribution in [1.82, 2.24) is 19.8 Å². The maximum Gasteiger partial charge on any atom is 0.276 e. The van der Waals surface area contributed by atoms with Crippen LogP contribution in [0.1, 0.15) is 42.2 Å². The lowest BCUT2D eigenvalue weighted by Gasteiger charge is -2.31. The lowest BCUT2D eigenvalue weighted by atomic mass is 10.1. The third-order valence-corrected chi connectivity index (χ3v) is 4.47. The topological polar surface area (TPSA) is 75.2 Å². The summed E-state index contributed by atoms with van der Waals surface area (Å²) in [4.78, 5) is 27.9. The molecule has 0 saturated carbocycles.